The van der Waals surface area contributed by atoms with Crippen LogP contribution in [0.2, 0.25) is 0 Å². The topological polar surface area (TPSA) is 63.9 Å². The fourth-order valence-electron chi connectivity index (χ4n) is 3.00. The lowest BCUT2D eigenvalue weighted by molar-refractivity contribution is 0.0714. The van der Waals surface area contributed by atoms with Crippen LogP contribution in [-0.4, -0.2) is 43.1 Å². The maximum atomic E-state index is 12.6. The molecule has 2 aromatic heterocycles. The Labute approximate surface area is 130 Å². The highest BCUT2D eigenvalue weighted by molar-refractivity contribution is 5.92. The molecule has 1 amide bonds. The summed E-state index contributed by atoms with van der Waals surface area (Å²) in [6, 6.07) is 2.24. The zero-order valence-electron chi connectivity index (χ0n) is 13.3. The minimum absolute atomic E-state index is 0.0310. The number of aryl methyl sites for hydroxylation is 3. The van der Waals surface area contributed by atoms with Crippen LogP contribution in [0.15, 0.2) is 18.5 Å². The molecule has 1 saturated heterocycles. The maximum absolute atomic E-state index is 12.6. The second kappa shape index (κ2) is 5.87. The van der Waals surface area contributed by atoms with Crippen molar-refractivity contribution in [3.05, 3.63) is 41.2 Å². The zero-order valence-corrected chi connectivity index (χ0v) is 13.3. The van der Waals surface area contributed by atoms with Crippen LogP contribution in [0.25, 0.3) is 0 Å². The number of rotatable bonds is 3. The van der Waals surface area contributed by atoms with E-state index in [1.54, 1.807) is 12.4 Å². The van der Waals surface area contributed by atoms with E-state index in [1.807, 2.05) is 30.4 Å². The van der Waals surface area contributed by atoms with Crippen LogP contribution >= 0.6 is 0 Å². The van der Waals surface area contributed by atoms with E-state index >= 15 is 0 Å². The standard InChI is InChI=1S/C16H21N5O/c1-11-7-13(3)21(19-11)10-14-5-4-6-20(14)16(22)15-9-17-12(2)8-18-15/h7-9,14H,4-6,10H2,1-3H3/t14-/m1/s1. The van der Waals surface area contributed by atoms with Gasteiger partial charge in [0, 0.05) is 18.4 Å². The van der Waals surface area contributed by atoms with E-state index in [0.29, 0.717) is 5.69 Å². The van der Waals surface area contributed by atoms with Gasteiger partial charge in [0.2, 0.25) is 0 Å². The van der Waals surface area contributed by atoms with E-state index in [1.165, 1.54) is 0 Å². The van der Waals surface area contributed by atoms with Gasteiger partial charge in [0.15, 0.2) is 0 Å². The molecule has 0 saturated carbocycles. The molecule has 1 fully saturated rings. The molecule has 1 aliphatic rings. The molecule has 6 heteroatoms. The molecule has 1 atom stereocenters. The summed E-state index contributed by atoms with van der Waals surface area (Å²) in [5, 5.41) is 4.50. The monoisotopic (exact) mass is 299 g/mol. The summed E-state index contributed by atoms with van der Waals surface area (Å²) in [5.74, 6) is -0.0310. The number of amides is 1. The van der Waals surface area contributed by atoms with Gasteiger partial charge >= 0.3 is 0 Å². The van der Waals surface area contributed by atoms with Crippen molar-refractivity contribution < 1.29 is 4.79 Å². The number of hydrogen-bond acceptors (Lipinski definition) is 4. The Morgan fingerprint density at radius 2 is 2.05 bits per heavy atom. The first kappa shape index (κ1) is 14.7. The van der Waals surface area contributed by atoms with Crippen LogP contribution in [0.4, 0.5) is 0 Å². The van der Waals surface area contributed by atoms with Gasteiger partial charge in [0.25, 0.3) is 5.91 Å². The van der Waals surface area contributed by atoms with Crippen LogP contribution in [-0.2, 0) is 6.54 Å². The highest BCUT2D eigenvalue weighted by Gasteiger charge is 2.30. The highest BCUT2D eigenvalue weighted by atomic mass is 16.2. The molecule has 6 nitrogen and oxygen atoms in total. The van der Waals surface area contributed by atoms with Crippen LogP contribution in [0, 0.1) is 20.8 Å². The van der Waals surface area contributed by atoms with Crippen molar-refractivity contribution in [2.75, 3.05) is 6.54 Å². The van der Waals surface area contributed by atoms with Crippen molar-refractivity contribution in [1.82, 2.24) is 24.6 Å². The van der Waals surface area contributed by atoms with Crippen molar-refractivity contribution in [1.29, 1.82) is 0 Å². The molecule has 0 aliphatic carbocycles. The molecule has 0 spiro atoms. The van der Waals surface area contributed by atoms with E-state index in [4.69, 9.17) is 0 Å². The molecule has 2 aromatic rings. The van der Waals surface area contributed by atoms with Crippen LogP contribution in [0.3, 0.4) is 0 Å². The molecule has 0 N–H and O–H groups in total. The third-order valence-corrected chi connectivity index (χ3v) is 4.13. The van der Waals surface area contributed by atoms with Gasteiger partial charge in [-0.05, 0) is 39.7 Å². The van der Waals surface area contributed by atoms with E-state index in [9.17, 15) is 4.79 Å². The fourth-order valence-corrected chi connectivity index (χ4v) is 3.00. The predicted molar refractivity (Wildman–Crippen MR) is 82.5 cm³/mol. The lowest BCUT2D eigenvalue weighted by Crippen LogP contribution is -2.38. The summed E-state index contributed by atoms with van der Waals surface area (Å²) in [6.45, 7) is 7.42. The SMILES string of the molecule is Cc1cnc(C(=O)N2CCC[C@@H]2Cn2nc(C)cc2C)cn1. The molecule has 1 aliphatic heterocycles. The third kappa shape index (κ3) is 2.86. The Hall–Kier alpha value is -2.24. The largest absolute Gasteiger partial charge is 0.332 e. The third-order valence-electron chi connectivity index (χ3n) is 4.13. The van der Waals surface area contributed by atoms with E-state index < -0.39 is 0 Å². The molecule has 116 valence electrons. The van der Waals surface area contributed by atoms with E-state index in [-0.39, 0.29) is 11.9 Å². The second-order valence-electron chi connectivity index (χ2n) is 5.95. The maximum Gasteiger partial charge on any atom is 0.274 e. The summed E-state index contributed by atoms with van der Waals surface area (Å²) in [5.41, 5.74) is 3.38. The first-order valence-electron chi connectivity index (χ1n) is 7.65. The Morgan fingerprint density at radius 1 is 1.23 bits per heavy atom. The van der Waals surface area contributed by atoms with Gasteiger partial charge in [0.1, 0.15) is 5.69 Å². The molecule has 22 heavy (non-hydrogen) atoms. The van der Waals surface area contributed by atoms with Crippen LogP contribution < -0.4 is 0 Å². The normalized spacial score (nSPS) is 18.0. The molecule has 0 aromatic carbocycles. The zero-order chi connectivity index (χ0) is 15.7. The first-order chi connectivity index (χ1) is 10.5. The quantitative estimate of drug-likeness (QED) is 0.868. The van der Waals surface area contributed by atoms with Crippen molar-refractivity contribution in [3.63, 3.8) is 0 Å². The number of hydrogen-bond donors (Lipinski definition) is 0. The molecule has 0 bridgehead atoms. The van der Waals surface area contributed by atoms with E-state index in [2.05, 4.69) is 21.1 Å². The van der Waals surface area contributed by atoms with Gasteiger partial charge < -0.3 is 4.90 Å². The second-order valence-corrected chi connectivity index (χ2v) is 5.95. The predicted octanol–water partition coefficient (Wildman–Crippen LogP) is 1.90. The summed E-state index contributed by atoms with van der Waals surface area (Å²) in [7, 11) is 0. The van der Waals surface area contributed by atoms with Gasteiger partial charge in [-0.1, -0.05) is 0 Å². The molecule has 3 rings (SSSR count). The molecule has 0 radical (unpaired) electrons. The number of likely N-dealkylation sites (tertiary alicyclic amines) is 1. The van der Waals surface area contributed by atoms with Gasteiger partial charge in [-0.15, -0.1) is 0 Å². The van der Waals surface area contributed by atoms with E-state index in [0.717, 1.165) is 43.0 Å². The number of nitrogens with zero attached hydrogens (tertiary/aromatic N) is 5. The molecular weight excluding hydrogens is 278 g/mol. The average molecular weight is 299 g/mol. The van der Waals surface area contributed by atoms with Crippen LogP contribution in [0.5, 0.6) is 0 Å². The summed E-state index contributed by atoms with van der Waals surface area (Å²) in [6.07, 6.45) is 5.23. The van der Waals surface area contributed by atoms with Gasteiger partial charge in [-0.2, -0.15) is 5.10 Å². The Kier molecular flexibility index (Phi) is 3.92. The van der Waals surface area contributed by atoms with Crippen molar-refractivity contribution in [2.24, 2.45) is 0 Å². The van der Waals surface area contributed by atoms with Crippen molar-refractivity contribution in [3.8, 4) is 0 Å². The number of carbonyl (C=O) groups excluding carboxylic acids is 1. The van der Waals surface area contributed by atoms with Gasteiger partial charge in [-0.3, -0.25) is 14.5 Å². The molecular formula is C16H21N5O. The fraction of sp³-hybridized carbons (Fsp3) is 0.500. The lowest BCUT2D eigenvalue weighted by atomic mass is 10.2. The van der Waals surface area contributed by atoms with Gasteiger partial charge in [0.05, 0.1) is 30.2 Å². The molecule has 0 unspecified atom stereocenters. The van der Waals surface area contributed by atoms with Crippen LogP contribution in [0.1, 0.15) is 40.4 Å². The smallest absolute Gasteiger partial charge is 0.274 e. The minimum atomic E-state index is -0.0310. The summed E-state index contributed by atoms with van der Waals surface area (Å²) in [4.78, 5) is 22.9. The Morgan fingerprint density at radius 3 is 2.68 bits per heavy atom. The summed E-state index contributed by atoms with van der Waals surface area (Å²) >= 11 is 0. The van der Waals surface area contributed by atoms with Gasteiger partial charge in [-0.25, -0.2) is 4.98 Å². The average Bonchev–Trinajstić information content (AvgIpc) is 3.06. The van der Waals surface area contributed by atoms with Crippen molar-refractivity contribution in [2.45, 2.75) is 46.2 Å². The first-order valence-corrected chi connectivity index (χ1v) is 7.65. The number of carbonyl (C=O) groups is 1. The lowest BCUT2D eigenvalue weighted by Gasteiger charge is -2.24. The van der Waals surface area contributed by atoms with Crippen molar-refractivity contribution >= 4 is 5.91 Å². The molecule has 3 heterocycles. The Bertz CT molecular complexity index is 676. The number of aromatic nitrogens is 4. The highest BCUT2D eigenvalue weighted by Crippen LogP contribution is 2.21. The summed E-state index contributed by atoms with van der Waals surface area (Å²) < 4.78 is 1.99. The minimum Gasteiger partial charge on any atom is -0.332 e. The Balaban J connectivity index is 1.76.